The van der Waals surface area contributed by atoms with E-state index >= 15 is 0 Å². The second-order valence-corrected chi connectivity index (χ2v) is 11.4. The Morgan fingerprint density at radius 3 is 2.40 bits per heavy atom. The number of halogens is 2. The zero-order valence-corrected chi connectivity index (χ0v) is 21.7. The fraction of sp³-hybridized carbons (Fsp3) is 0.333. The molecule has 1 aromatic heterocycles. The average molecular weight is 537 g/mol. The molecule has 0 bridgehead atoms. The van der Waals surface area contributed by atoms with Crippen LogP contribution in [0, 0.1) is 12.8 Å². The zero-order chi connectivity index (χ0) is 25.3. The van der Waals surface area contributed by atoms with Crippen molar-refractivity contribution in [3.63, 3.8) is 0 Å². The number of anilines is 1. The van der Waals surface area contributed by atoms with Crippen molar-refractivity contribution >= 4 is 44.8 Å². The van der Waals surface area contributed by atoms with Crippen LogP contribution in [0.25, 0.3) is 5.69 Å². The number of piperidine rings is 1. The van der Waals surface area contributed by atoms with Gasteiger partial charge in [0.15, 0.2) is 0 Å². The predicted octanol–water partition coefficient (Wildman–Crippen LogP) is 3.97. The lowest BCUT2D eigenvalue weighted by Crippen LogP contribution is -2.44. The quantitative estimate of drug-likeness (QED) is 0.515. The minimum atomic E-state index is -3.76. The van der Waals surface area contributed by atoms with Crippen molar-refractivity contribution in [2.45, 2.75) is 25.5 Å². The molecule has 2 aromatic carbocycles. The molecule has 2 heterocycles. The van der Waals surface area contributed by atoms with Gasteiger partial charge in [0.25, 0.3) is 5.56 Å². The van der Waals surface area contributed by atoms with Gasteiger partial charge in [-0.3, -0.25) is 14.3 Å². The summed E-state index contributed by atoms with van der Waals surface area (Å²) in [4.78, 5) is 26.3. The lowest BCUT2D eigenvalue weighted by Gasteiger charge is -2.31. The van der Waals surface area contributed by atoms with Crippen molar-refractivity contribution in [3.05, 3.63) is 80.2 Å². The van der Waals surface area contributed by atoms with Crippen molar-refractivity contribution in [2.24, 2.45) is 13.0 Å². The number of sulfonamides is 1. The van der Waals surface area contributed by atoms with E-state index in [1.165, 1.54) is 8.99 Å². The Morgan fingerprint density at radius 1 is 1.09 bits per heavy atom. The van der Waals surface area contributed by atoms with Gasteiger partial charge < -0.3 is 5.32 Å². The molecule has 3 aromatic rings. The molecule has 8 nitrogen and oxygen atoms in total. The summed E-state index contributed by atoms with van der Waals surface area (Å²) in [7, 11) is -2.02. The van der Waals surface area contributed by atoms with Crippen molar-refractivity contribution in [1.29, 1.82) is 0 Å². The molecule has 1 N–H and O–H groups in total. The Labute approximate surface area is 214 Å². The number of para-hydroxylation sites is 1. The van der Waals surface area contributed by atoms with E-state index < -0.39 is 15.9 Å². The molecule has 0 spiro atoms. The first kappa shape index (κ1) is 25.5. The number of carbonyl (C=O) groups excluding carboxylic acids is 1. The number of hydrogen-bond acceptors (Lipinski definition) is 4. The fourth-order valence-electron chi connectivity index (χ4n) is 4.29. The van der Waals surface area contributed by atoms with E-state index in [-0.39, 0.29) is 39.5 Å². The SMILES string of the molecule is Cc1c(NC(=O)[C@H]2CCCN(S(=O)(=O)Cc3c(Cl)cccc3Cl)C2)c(=O)n(-c2ccccc2)n1C. The molecule has 0 radical (unpaired) electrons. The molecule has 1 saturated heterocycles. The third-order valence-electron chi connectivity index (χ3n) is 6.34. The standard InChI is InChI=1S/C24H26Cl2N4O4S/c1-16-22(24(32)30(28(16)2)18-9-4-3-5-10-18)27-23(31)17-8-7-13-29(14-17)35(33,34)15-19-20(25)11-6-12-21(19)26/h3-6,9-12,17H,7-8,13-15H2,1-2H3,(H,27,31)/t17-/m0/s1. The summed E-state index contributed by atoms with van der Waals surface area (Å²) >= 11 is 12.3. The third kappa shape index (κ3) is 5.18. The van der Waals surface area contributed by atoms with Gasteiger partial charge in [0.1, 0.15) is 5.69 Å². The molecule has 1 amide bonds. The van der Waals surface area contributed by atoms with Gasteiger partial charge in [-0.05, 0) is 44.0 Å². The summed E-state index contributed by atoms with van der Waals surface area (Å²) in [6.45, 7) is 2.08. The van der Waals surface area contributed by atoms with Crippen LogP contribution in [-0.2, 0) is 27.6 Å². The molecular weight excluding hydrogens is 511 g/mol. The molecule has 1 aliphatic rings. The van der Waals surface area contributed by atoms with Gasteiger partial charge in [0.2, 0.25) is 15.9 Å². The van der Waals surface area contributed by atoms with Crippen LogP contribution in [0.4, 0.5) is 5.69 Å². The predicted molar refractivity (Wildman–Crippen MR) is 138 cm³/mol. The van der Waals surface area contributed by atoms with E-state index in [9.17, 15) is 18.0 Å². The molecule has 186 valence electrons. The maximum atomic E-state index is 13.1. The highest BCUT2D eigenvalue weighted by atomic mass is 35.5. The number of aromatic nitrogens is 2. The highest BCUT2D eigenvalue weighted by Crippen LogP contribution is 2.29. The monoisotopic (exact) mass is 536 g/mol. The summed E-state index contributed by atoms with van der Waals surface area (Å²) in [6, 6.07) is 14.0. The van der Waals surface area contributed by atoms with Gasteiger partial charge in [-0.25, -0.2) is 17.4 Å². The summed E-state index contributed by atoms with van der Waals surface area (Å²) in [5, 5.41) is 3.32. The van der Waals surface area contributed by atoms with Gasteiger partial charge >= 0.3 is 0 Å². The van der Waals surface area contributed by atoms with E-state index in [1.807, 2.05) is 30.3 Å². The van der Waals surface area contributed by atoms with Crippen LogP contribution >= 0.6 is 23.2 Å². The van der Waals surface area contributed by atoms with Crippen LogP contribution in [0.3, 0.4) is 0 Å². The maximum absolute atomic E-state index is 13.1. The van der Waals surface area contributed by atoms with E-state index in [1.54, 1.807) is 36.9 Å². The average Bonchev–Trinajstić information content (AvgIpc) is 3.05. The van der Waals surface area contributed by atoms with Crippen LogP contribution in [0.5, 0.6) is 0 Å². The van der Waals surface area contributed by atoms with E-state index in [4.69, 9.17) is 23.2 Å². The highest BCUT2D eigenvalue weighted by molar-refractivity contribution is 7.88. The number of hydrogen-bond donors (Lipinski definition) is 1. The molecule has 1 aliphatic heterocycles. The second kappa shape index (κ2) is 10.2. The van der Waals surface area contributed by atoms with Crippen molar-refractivity contribution < 1.29 is 13.2 Å². The zero-order valence-electron chi connectivity index (χ0n) is 19.4. The lowest BCUT2D eigenvalue weighted by molar-refractivity contribution is -0.120. The van der Waals surface area contributed by atoms with Gasteiger partial charge in [-0.1, -0.05) is 47.5 Å². The Morgan fingerprint density at radius 2 is 1.74 bits per heavy atom. The molecule has 35 heavy (non-hydrogen) atoms. The van der Waals surface area contributed by atoms with Crippen molar-refractivity contribution in [2.75, 3.05) is 18.4 Å². The first-order chi connectivity index (χ1) is 16.6. The largest absolute Gasteiger partial charge is 0.320 e. The highest BCUT2D eigenvalue weighted by Gasteiger charge is 2.34. The minimum absolute atomic E-state index is 0.0228. The van der Waals surface area contributed by atoms with Gasteiger partial charge in [-0.15, -0.1) is 0 Å². The first-order valence-electron chi connectivity index (χ1n) is 11.2. The molecule has 11 heteroatoms. The number of nitrogens with zero attached hydrogens (tertiary/aromatic N) is 3. The van der Waals surface area contributed by atoms with Gasteiger partial charge in [0, 0.05) is 35.7 Å². The Hall–Kier alpha value is -2.59. The Kier molecular flexibility index (Phi) is 7.42. The Bertz CT molecular complexity index is 1400. The topological polar surface area (TPSA) is 93.4 Å². The Balaban J connectivity index is 1.52. The van der Waals surface area contributed by atoms with E-state index in [0.717, 1.165) is 0 Å². The smallest absolute Gasteiger partial charge is 0.295 e. The van der Waals surface area contributed by atoms with Crippen molar-refractivity contribution in [1.82, 2.24) is 13.7 Å². The lowest BCUT2D eigenvalue weighted by atomic mass is 9.99. The maximum Gasteiger partial charge on any atom is 0.295 e. The van der Waals surface area contributed by atoms with Crippen molar-refractivity contribution in [3.8, 4) is 5.69 Å². The second-order valence-electron chi connectivity index (χ2n) is 8.58. The molecule has 0 aliphatic carbocycles. The summed E-state index contributed by atoms with van der Waals surface area (Å²) in [6.07, 6.45) is 1.04. The van der Waals surface area contributed by atoms with Gasteiger partial charge in [0.05, 0.1) is 23.1 Å². The molecule has 1 atom stereocenters. The molecular formula is C24H26Cl2N4O4S. The fourth-order valence-corrected chi connectivity index (χ4v) is 6.65. The summed E-state index contributed by atoms with van der Waals surface area (Å²) in [5.74, 6) is -1.32. The number of benzene rings is 2. The van der Waals surface area contributed by atoms with Crippen LogP contribution in [0.15, 0.2) is 53.3 Å². The van der Waals surface area contributed by atoms with Crippen LogP contribution < -0.4 is 10.9 Å². The van der Waals surface area contributed by atoms with E-state index in [2.05, 4.69) is 5.32 Å². The number of carbonyl (C=O) groups is 1. The first-order valence-corrected chi connectivity index (χ1v) is 13.5. The molecule has 0 saturated carbocycles. The molecule has 0 unspecified atom stereocenters. The van der Waals surface area contributed by atoms with Gasteiger partial charge in [-0.2, -0.15) is 0 Å². The van der Waals surface area contributed by atoms with Crippen LogP contribution in [0.2, 0.25) is 10.0 Å². The minimum Gasteiger partial charge on any atom is -0.320 e. The number of rotatable bonds is 6. The van der Waals surface area contributed by atoms with Crippen LogP contribution in [0.1, 0.15) is 24.1 Å². The third-order valence-corrected chi connectivity index (χ3v) is 8.82. The molecule has 1 fully saturated rings. The normalized spacial score (nSPS) is 16.9. The number of nitrogens with one attached hydrogen (secondary N) is 1. The molecule has 4 rings (SSSR count). The summed E-state index contributed by atoms with van der Waals surface area (Å²) < 4.78 is 30.7. The number of amides is 1. The summed E-state index contributed by atoms with van der Waals surface area (Å²) in [5.41, 5.74) is 1.45. The van der Waals surface area contributed by atoms with E-state index in [0.29, 0.717) is 36.3 Å². The van der Waals surface area contributed by atoms with Crippen LogP contribution in [-0.4, -0.2) is 41.1 Å².